The van der Waals surface area contributed by atoms with E-state index in [9.17, 15) is 9.18 Å². The third kappa shape index (κ3) is 6.94. The number of aryl methyl sites for hydroxylation is 1. The van der Waals surface area contributed by atoms with Gasteiger partial charge in [0, 0.05) is 43.6 Å². The summed E-state index contributed by atoms with van der Waals surface area (Å²) < 4.78 is 14.5. The average molecular weight is 427 g/mol. The molecule has 0 spiro atoms. The summed E-state index contributed by atoms with van der Waals surface area (Å²) in [6.45, 7) is 5.71. The van der Waals surface area contributed by atoms with Gasteiger partial charge in [0.2, 0.25) is 5.91 Å². The van der Waals surface area contributed by atoms with Crippen molar-refractivity contribution in [3.63, 3.8) is 0 Å². The number of benzene rings is 1. The molecule has 2 N–H and O–H groups in total. The molecular formula is C19H28BrFN4O. The van der Waals surface area contributed by atoms with Crippen molar-refractivity contribution >= 4 is 27.8 Å². The zero-order valence-electron chi connectivity index (χ0n) is 15.4. The van der Waals surface area contributed by atoms with Gasteiger partial charge in [-0.3, -0.25) is 9.79 Å². The Bertz CT molecular complexity index is 618. The van der Waals surface area contributed by atoms with Crippen molar-refractivity contribution in [3.8, 4) is 0 Å². The molecule has 0 bridgehead atoms. The molecule has 1 aromatic rings. The number of amides is 1. The molecule has 1 aliphatic rings. The maximum atomic E-state index is 13.8. The van der Waals surface area contributed by atoms with Gasteiger partial charge in [-0.25, -0.2) is 4.39 Å². The first-order chi connectivity index (χ1) is 12.6. The van der Waals surface area contributed by atoms with E-state index in [0.717, 1.165) is 43.4 Å². The van der Waals surface area contributed by atoms with E-state index >= 15 is 0 Å². The Labute approximate surface area is 163 Å². The molecule has 0 aromatic heterocycles. The molecule has 7 heteroatoms. The van der Waals surface area contributed by atoms with Crippen molar-refractivity contribution in [1.29, 1.82) is 0 Å². The van der Waals surface area contributed by atoms with Gasteiger partial charge in [0.05, 0.1) is 0 Å². The molecule has 0 saturated carbocycles. The number of hydrogen-bond donors (Lipinski definition) is 2. The molecule has 1 fully saturated rings. The van der Waals surface area contributed by atoms with Gasteiger partial charge in [0.1, 0.15) is 5.82 Å². The highest BCUT2D eigenvalue weighted by Crippen LogP contribution is 2.16. The third-order valence-corrected chi connectivity index (χ3v) is 4.82. The minimum Gasteiger partial charge on any atom is -0.357 e. The fourth-order valence-electron chi connectivity index (χ4n) is 2.94. The first kappa shape index (κ1) is 20.7. The van der Waals surface area contributed by atoms with Crippen LogP contribution in [0.2, 0.25) is 0 Å². The highest BCUT2D eigenvalue weighted by molar-refractivity contribution is 9.10. The van der Waals surface area contributed by atoms with E-state index in [1.54, 1.807) is 6.07 Å². The van der Waals surface area contributed by atoms with Gasteiger partial charge in [-0.05, 0) is 50.3 Å². The largest absolute Gasteiger partial charge is 0.357 e. The summed E-state index contributed by atoms with van der Waals surface area (Å²) in [5.74, 6) is 0.725. The molecule has 0 atom stereocenters. The molecule has 144 valence electrons. The highest BCUT2D eigenvalue weighted by Gasteiger charge is 2.17. The van der Waals surface area contributed by atoms with Crippen LogP contribution in [0, 0.1) is 5.82 Å². The first-order valence-corrected chi connectivity index (χ1v) is 10.1. The smallest absolute Gasteiger partial charge is 0.224 e. The van der Waals surface area contributed by atoms with Crippen LogP contribution in [0.15, 0.2) is 27.7 Å². The summed E-state index contributed by atoms with van der Waals surface area (Å²) in [5.41, 5.74) is 0.706. The van der Waals surface area contributed by atoms with E-state index in [1.807, 2.05) is 17.9 Å². The topological polar surface area (TPSA) is 56.7 Å². The van der Waals surface area contributed by atoms with Crippen LogP contribution in [0.4, 0.5) is 4.39 Å². The Morgan fingerprint density at radius 2 is 2.08 bits per heavy atom. The lowest BCUT2D eigenvalue weighted by Gasteiger charge is -2.16. The highest BCUT2D eigenvalue weighted by atomic mass is 79.9. The summed E-state index contributed by atoms with van der Waals surface area (Å²) >= 11 is 3.26. The fourth-order valence-corrected chi connectivity index (χ4v) is 3.27. The summed E-state index contributed by atoms with van der Waals surface area (Å²) in [4.78, 5) is 18.5. The van der Waals surface area contributed by atoms with Gasteiger partial charge in [0.25, 0.3) is 0 Å². The first-order valence-electron chi connectivity index (χ1n) is 9.34. The van der Waals surface area contributed by atoms with E-state index in [4.69, 9.17) is 0 Å². The fraction of sp³-hybridized carbons (Fsp3) is 0.579. The van der Waals surface area contributed by atoms with Gasteiger partial charge >= 0.3 is 0 Å². The summed E-state index contributed by atoms with van der Waals surface area (Å²) in [6, 6.07) is 5.14. The quantitative estimate of drug-likeness (QED) is 0.381. The molecule has 1 aliphatic heterocycles. The standard InChI is InChI=1S/C19H28BrFN4O/c1-2-22-19(24-11-9-18(26)25-12-3-4-13-25)23-10-5-6-15-7-8-16(20)14-17(15)21/h7-8,14H,2-6,9-13H2,1H3,(H2,22,23,24). The Hall–Kier alpha value is -1.63. The Kier molecular flexibility index (Phi) is 8.88. The van der Waals surface area contributed by atoms with Gasteiger partial charge < -0.3 is 15.5 Å². The maximum absolute atomic E-state index is 13.8. The van der Waals surface area contributed by atoms with Gasteiger partial charge in [-0.1, -0.05) is 22.0 Å². The molecule has 1 amide bonds. The number of guanidine groups is 1. The number of carbonyl (C=O) groups is 1. The molecule has 1 saturated heterocycles. The molecule has 5 nitrogen and oxygen atoms in total. The molecule has 1 heterocycles. The van der Waals surface area contributed by atoms with E-state index in [2.05, 4.69) is 31.6 Å². The molecular weight excluding hydrogens is 399 g/mol. The van der Waals surface area contributed by atoms with E-state index in [1.165, 1.54) is 6.07 Å². The lowest BCUT2D eigenvalue weighted by Crippen LogP contribution is -2.39. The SMILES string of the molecule is CCNC(=NCCCc1ccc(Br)cc1F)NCCC(=O)N1CCCC1. The van der Waals surface area contributed by atoms with E-state index in [0.29, 0.717) is 37.5 Å². The van der Waals surface area contributed by atoms with Crippen molar-refractivity contribution in [2.45, 2.75) is 39.0 Å². The lowest BCUT2D eigenvalue weighted by atomic mass is 10.1. The summed E-state index contributed by atoms with van der Waals surface area (Å²) in [6.07, 6.45) is 4.12. The Morgan fingerprint density at radius 3 is 2.77 bits per heavy atom. The van der Waals surface area contributed by atoms with Crippen LogP contribution in [-0.4, -0.2) is 49.5 Å². The van der Waals surface area contributed by atoms with Gasteiger partial charge in [-0.15, -0.1) is 0 Å². The van der Waals surface area contributed by atoms with Gasteiger partial charge in [0.15, 0.2) is 5.96 Å². The van der Waals surface area contributed by atoms with Crippen molar-refractivity contribution in [2.24, 2.45) is 4.99 Å². The van der Waals surface area contributed by atoms with Gasteiger partial charge in [-0.2, -0.15) is 0 Å². The predicted octanol–water partition coefficient (Wildman–Crippen LogP) is 3.09. The van der Waals surface area contributed by atoms with Crippen molar-refractivity contribution in [3.05, 3.63) is 34.1 Å². The number of aliphatic imine (C=N–C) groups is 1. The van der Waals surface area contributed by atoms with Crippen molar-refractivity contribution < 1.29 is 9.18 Å². The van der Waals surface area contributed by atoms with E-state index in [-0.39, 0.29) is 11.7 Å². The average Bonchev–Trinajstić information content (AvgIpc) is 3.14. The monoisotopic (exact) mass is 426 g/mol. The van der Waals surface area contributed by atoms with Crippen LogP contribution in [0.5, 0.6) is 0 Å². The third-order valence-electron chi connectivity index (χ3n) is 4.32. The zero-order valence-corrected chi connectivity index (χ0v) is 16.9. The number of nitrogens with zero attached hydrogens (tertiary/aromatic N) is 2. The maximum Gasteiger partial charge on any atom is 0.224 e. The minimum absolute atomic E-state index is 0.186. The number of likely N-dealkylation sites (tertiary alicyclic amines) is 1. The van der Waals surface area contributed by atoms with Crippen molar-refractivity contribution in [1.82, 2.24) is 15.5 Å². The molecule has 26 heavy (non-hydrogen) atoms. The molecule has 0 aliphatic carbocycles. The number of carbonyl (C=O) groups excluding carboxylic acids is 1. The second-order valence-corrected chi connectivity index (χ2v) is 7.28. The lowest BCUT2D eigenvalue weighted by molar-refractivity contribution is -0.129. The zero-order chi connectivity index (χ0) is 18.8. The molecule has 0 radical (unpaired) electrons. The number of hydrogen-bond acceptors (Lipinski definition) is 2. The Morgan fingerprint density at radius 1 is 1.31 bits per heavy atom. The van der Waals surface area contributed by atoms with Crippen molar-refractivity contribution in [2.75, 3.05) is 32.7 Å². The summed E-state index contributed by atoms with van der Waals surface area (Å²) in [7, 11) is 0. The number of halogens is 2. The normalized spacial score (nSPS) is 14.6. The Balaban J connectivity index is 1.72. The number of rotatable bonds is 8. The second-order valence-electron chi connectivity index (χ2n) is 6.36. The molecule has 2 rings (SSSR count). The molecule has 0 unspecified atom stereocenters. The minimum atomic E-state index is -0.186. The number of nitrogens with one attached hydrogen (secondary N) is 2. The predicted molar refractivity (Wildman–Crippen MR) is 107 cm³/mol. The van der Waals surface area contributed by atoms with E-state index < -0.39 is 0 Å². The second kappa shape index (κ2) is 11.2. The molecule has 1 aromatic carbocycles. The summed E-state index contributed by atoms with van der Waals surface area (Å²) in [5, 5.41) is 6.38. The van der Waals surface area contributed by atoms with Crippen LogP contribution in [-0.2, 0) is 11.2 Å². The van der Waals surface area contributed by atoms with Crippen LogP contribution < -0.4 is 10.6 Å². The van der Waals surface area contributed by atoms with Crippen LogP contribution in [0.3, 0.4) is 0 Å². The van der Waals surface area contributed by atoms with Crippen LogP contribution in [0.1, 0.15) is 38.2 Å². The van der Waals surface area contributed by atoms with Crippen LogP contribution >= 0.6 is 15.9 Å². The van der Waals surface area contributed by atoms with Crippen LogP contribution in [0.25, 0.3) is 0 Å².